The number of hydrogen-bond acceptors (Lipinski definition) is 6. The molecule has 0 spiro atoms. The number of benzene rings is 1. The maximum absolute atomic E-state index is 13.9. The van der Waals surface area contributed by atoms with E-state index < -0.39 is 49.0 Å². The van der Waals surface area contributed by atoms with Gasteiger partial charge in [-0.15, -0.1) is 0 Å². The molecule has 1 rings (SSSR count). The van der Waals surface area contributed by atoms with Gasteiger partial charge in [-0.25, -0.2) is 0 Å². The van der Waals surface area contributed by atoms with Crippen LogP contribution in [0.3, 0.4) is 0 Å². The van der Waals surface area contributed by atoms with Crippen LogP contribution in [-0.4, -0.2) is 41.6 Å². The molecule has 136 valence electrons. The normalized spacial score (nSPS) is 14.8. The molecule has 0 bridgehead atoms. The standard InChI is InChI=1S/C15H21FIN2O5/c1-4-24-15(2,17-22)10-5-9(6-11(16)7-10)13(20)19-8-12(18)14(21)23-3/h5-7,12,22H,4,8,18H2,1-3H3,(H,19,20)/q-1/t12-,15+/m1/s1. The zero-order valence-corrected chi connectivity index (χ0v) is 15.8. The molecule has 2 atom stereocenters. The van der Waals surface area contributed by atoms with E-state index in [0.29, 0.717) is 12.2 Å². The number of rotatable bonds is 8. The van der Waals surface area contributed by atoms with Crippen molar-refractivity contribution in [3.05, 3.63) is 35.1 Å². The molecular formula is C15H21FIN2O5-. The Labute approximate surface area is 150 Å². The summed E-state index contributed by atoms with van der Waals surface area (Å²) in [7, 11) is 1.19. The molecule has 0 aromatic heterocycles. The van der Waals surface area contributed by atoms with Crippen molar-refractivity contribution in [3.63, 3.8) is 0 Å². The fourth-order valence-electron chi connectivity index (χ4n) is 1.95. The Balaban J connectivity index is 2.96. The third kappa shape index (κ3) is 5.36. The van der Waals surface area contributed by atoms with Crippen LogP contribution in [0.15, 0.2) is 18.2 Å². The van der Waals surface area contributed by atoms with Crippen molar-refractivity contribution in [2.75, 3.05) is 20.3 Å². The van der Waals surface area contributed by atoms with Gasteiger partial charge >= 0.3 is 150 Å². The molecule has 0 heterocycles. The first-order valence-corrected chi connectivity index (χ1v) is 9.18. The number of nitrogens with two attached hydrogens (primary N) is 1. The van der Waals surface area contributed by atoms with Crippen LogP contribution in [0, 0.1) is 5.82 Å². The molecule has 1 amide bonds. The van der Waals surface area contributed by atoms with Crippen LogP contribution >= 0.6 is 0 Å². The van der Waals surface area contributed by atoms with Crippen LogP contribution in [-0.2, 0) is 17.9 Å². The fourth-order valence-corrected chi connectivity index (χ4v) is 2.99. The molecule has 0 fully saturated rings. The summed E-state index contributed by atoms with van der Waals surface area (Å²) in [6, 6.07) is 2.73. The molecule has 0 aliphatic rings. The van der Waals surface area contributed by atoms with E-state index in [9.17, 15) is 17.4 Å². The first-order valence-electron chi connectivity index (χ1n) is 7.13. The van der Waals surface area contributed by atoms with Crippen LogP contribution in [0.1, 0.15) is 29.8 Å². The minimum atomic E-state index is -1.40. The number of methoxy groups -OCH3 is 1. The fraction of sp³-hybridized carbons (Fsp3) is 0.467. The topological polar surface area (TPSA) is 111 Å². The van der Waals surface area contributed by atoms with E-state index >= 15 is 0 Å². The summed E-state index contributed by atoms with van der Waals surface area (Å²) in [6.45, 7) is 3.60. The molecule has 1 aromatic carbocycles. The summed E-state index contributed by atoms with van der Waals surface area (Å²) in [5.41, 5.74) is 5.96. The average molecular weight is 455 g/mol. The molecule has 4 N–H and O–H groups in total. The number of carbonyl (C=O) groups excluding carboxylic acids is 2. The predicted molar refractivity (Wildman–Crippen MR) is 79.9 cm³/mol. The third-order valence-corrected chi connectivity index (χ3v) is 5.09. The van der Waals surface area contributed by atoms with Gasteiger partial charge in [-0.3, -0.25) is 0 Å². The monoisotopic (exact) mass is 455 g/mol. The van der Waals surface area contributed by atoms with Crippen LogP contribution in [0.4, 0.5) is 4.39 Å². The van der Waals surface area contributed by atoms with Crippen molar-refractivity contribution in [1.29, 1.82) is 0 Å². The first kappa shape index (κ1) is 20.7. The van der Waals surface area contributed by atoms with Crippen molar-refractivity contribution in [2.24, 2.45) is 5.73 Å². The van der Waals surface area contributed by atoms with E-state index in [4.69, 9.17) is 10.5 Å². The molecule has 7 nitrogen and oxygen atoms in total. The van der Waals surface area contributed by atoms with Gasteiger partial charge in [0, 0.05) is 0 Å². The van der Waals surface area contributed by atoms with Gasteiger partial charge in [0.1, 0.15) is 0 Å². The van der Waals surface area contributed by atoms with Gasteiger partial charge in [-0.2, -0.15) is 0 Å². The van der Waals surface area contributed by atoms with E-state index in [1.807, 2.05) is 0 Å². The molecule has 0 aliphatic carbocycles. The van der Waals surface area contributed by atoms with Crippen LogP contribution in [0.5, 0.6) is 0 Å². The van der Waals surface area contributed by atoms with Gasteiger partial charge < -0.3 is 0 Å². The molecule has 24 heavy (non-hydrogen) atoms. The second-order valence-electron chi connectivity index (χ2n) is 5.00. The van der Waals surface area contributed by atoms with Gasteiger partial charge in [0.05, 0.1) is 0 Å². The van der Waals surface area contributed by atoms with E-state index in [2.05, 4.69) is 10.1 Å². The van der Waals surface area contributed by atoms with E-state index in [-0.39, 0.29) is 12.1 Å². The van der Waals surface area contributed by atoms with E-state index in [1.54, 1.807) is 13.8 Å². The number of ether oxygens (including phenoxy) is 2. The minimum absolute atomic E-state index is 0.0467. The number of halogens is 2. The second kappa shape index (κ2) is 9.25. The summed E-state index contributed by atoms with van der Waals surface area (Å²) < 4.78 is 32.5. The number of hydrogen-bond donors (Lipinski definition) is 3. The molecule has 9 heteroatoms. The van der Waals surface area contributed by atoms with Crippen molar-refractivity contribution in [2.45, 2.75) is 23.5 Å². The van der Waals surface area contributed by atoms with Crippen LogP contribution in [0.25, 0.3) is 0 Å². The number of amides is 1. The summed E-state index contributed by atoms with van der Waals surface area (Å²) >= 11 is -1.40. The quantitative estimate of drug-likeness (QED) is 0.223. The number of carbonyl (C=O) groups is 2. The molecule has 0 aliphatic heterocycles. The first-order chi connectivity index (χ1) is 11.3. The van der Waals surface area contributed by atoms with Crippen molar-refractivity contribution < 1.29 is 48.5 Å². The summed E-state index contributed by atoms with van der Waals surface area (Å²) in [6.07, 6.45) is 0. The van der Waals surface area contributed by atoms with Crippen molar-refractivity contribution in [3.8, 4) is 0 Å². The number of nitrogens with one attached hydrogen (secondary N) is 1. The Kier molecular flexibility index (Phi) is 8.00. The molecule has 0 saturated carbocycles. The third-order valence-electron chi connectivity index (χ3n) is 3.24. The Morgan fingerprint density at radius 3 is 2.67 bits per heavy atom. The average Bonchev–Trinajstić information content (AvgIpc) is 2.57. The SMILES string of the molecule is CCO[C@](C)([I-]O)c1cc(F)cc(C(=O)NC[C@@H](N)C(=O)OC)c1. The van der Waals surface area contributed by atoms with Gasteiger partial charge in [-0.1, -0.05) is 0 Å². The zero-order chi connectivity index (χ0) is 18.3. The Morgan fingerprint density at radius 1 is 1.46 bits per heavy atom. The summed E-state index contributed by atoms with van der Waals surface area (Å²) in [5, 5.41) is 2.44. The Hall–Kier alpha value is -1.30. The number of esters is 1. The van der Waals surface area contributed by atoms with Crippen molar-refractivity contribution >= 4 is 11.9 Å². The van der Waals surface area contributed by atoms with Gasteiger partial charge in [0.2, 0.25) is 0 Å². The maximum atomic E-state index is 13.9. The Morgan fingerprint density at radius 2 is 2.12 bits per heavy atom. The van der Waals surface area contributed by atoms with Gasteiger partial charge in [0.25, 0.3) is 0 Å². The zero-order valence-electron chi connectivity index (χ0n) is 13.6. The Bertz CT molecular complexity index is 601. The van der Waals surface area contributed by atoms with Crippen LogP contribution < -0.4 is 32.7 Å². The predicted octanol–water partition coefficient (Wildman–Crippen LogP) is -2.74. The second-order valence-corrected chi connectivity index (χ2v) is 7.54. The summed E-state index contributed by atoms with van der Waals surface area (Å²) in [4.78, 5) is 23.4. The molecular weight excluding hydrogens is 434 g/mol. The molecule has 0 unspecified atom stereocenters. The van der Waals surface area contributed by atoms with E-state index in [0.717, 1.165) is 6.07 Å². The van der Waals surface area contributed by atoms with Crippen LogP contribution in [0.2, 0.25) is 0 Å². The van der Waals surface area contributed by atoms with Gasteiger partial charge in [0.15, 0.2) is 0 Å². The number of alkyl halides is 1. The molecule has 0 saturated heterocycles. The molecule has 1 aromatic rings. The molecule has 0 radical (unpaired) electrons. The van der Waals surface area contributed by atoms with Gasteiger partial charge in [-0.05, 0) is 0 Å². The van der Waals surface area contributed by atoms with Crippen molar-refractivity contribution in [1.82, 2.24) is 5.32 Å². The summed E-state index contributed by atoms with van der Waals surface area (Å²) in [5.74, 6) is -1.88. The van der Waals surface area contributed by atoms with E-state index in [1.165, 1.54) is 19.2 Å².